The molecule has 0 aliphatic carbocycles. The van der Waals surface area contributed by atoms with Crippen molar-refractivity contribution in [2.24, 2.45) is 0 Å². The van der Waals surface area contributed by atoms with Crippen LogP contribution in [-0.2, 0) is 0 Å². The fraction of sp³-hybridized carbons (Fsp3) is 0.133. The van der Waals surface area contributed by atoms with Gasteiger partial charge in [-0.25, -0.2) is 9.97 Å². The zero-order chi connectivity index (χ0) is 13.7. The summed E-state index contributed by atoms with van der Waals surface area (Å²) in [5, 5.41) is 7.66. The molecule has 4 aromatic rings. The molecule has 4 nitrogen and oxygen atoms in total. The monoisotopic (exact) mass is 280 g/mol. The molecule has 1 aromatic carbocycles. The fourth-order valence-electron chi connectivity index (χ4n) is 2.47. The van der Waals surface area contributed by atoms with Crippen molar-refractivity contribution >= 4 is 27.2 Å². The lowest BCUT2D eigenvalue weighted by Gasteiger charge is -2.02. The molecule has 0 N–H and O–H groups in total. The fourth-order valence-corrected chi connectivity index (χ4v) is 3.46. The molecule has 98 valence electrons. The molecule has 0 spiro atoms. The Morgan fingerprint density at radius 2 is 1.85 bits per heavy atom. The van der Waals surface area contributed by atoms with E-state index in [9.17, 15) is 0 Å². The zero-order valence-electron chi connectivity index (χ0n) is 11.2. The number of hydrogen-bond acceptors (Lipinski definition) is 4. The van der Waals surface area contributed by atoms with Crippen LogP contribution >= 0.6 is 11.3 Å². The summed E-state index contributed by atoms with van der Waals surface area (Å²) in [7, 11) is 0. The third-order valence-electron chi connectivity index (χ3n) is 3.36. The van der Waals surface area contributed by atoms with E-state index in [1.54, 1.807) is 11.3 Å². The lowest BCUT2D eigenvalue weighted by Crippen LogP contribution is -1.97. The van der Waals surface area contributed by atoms with E-state index in [4.69, 9.17) is 0 Å². The Balaban J connectivity index is 2.16. The Morgan fingerprint density at radius 3 is 2.65 bits per heavy atom. The molecule has 0 radical (unpaired) electrons. The molecule has 0 amide bonds. The van der Waals surface area contributed by atoms with Crippen LogP contribution in [0.25, 0.3) is 27.0 Å². The molecule has 0 atom stereocenters. The van der Waals surface area contributed by atoms with Crippen LogP contribution in [0.15, 0.2) is 35.7 Å². The molecule has 0 saturated carbocycles. The first kappa shape index (κ1) is 11.5. The van der Waals surface area contributed by atoms with Crippen LogP contribution in [0.4, 0.5) is 0 Å². The Morgan fingerprint density at radius 1 is 1.05 bits per heavy atom. The van der Waals surface area contributed by atoms with Gasteiger partial charge in [-0.1, -0.05) is 30.3 Å². The van der Waals surface area contributed by atoms with Crippen molar-refractivity contribution in [1.29, 1.82) is 0 Å². The number of rotatable bonds is 1. The number of thiophene rings is 1. The molecule has 0 bridgehead atoms. The van der Waals surface area contributed by atoms with Crippen LogP contribution in [0.1, 0.15) is 11.6 Å². The molecule has 0 aliphatic heterocycles. The van der Waals surface area contributed by atoms with E-state index in [1.165, 1.54) is 11.1 Å². The Hall–Kier alpha value is -2.27. The van der Waals surface area contributed by atoms with Crippen LogP contribution in [0, 0.1) is 13.8 Å². The summed E-state index contributed by atoms with van der Waals surface area (Å²) in [6.07, 6.45) is 0. The predicted molar refractivity (Wildman–Crippen MR) is 81.1 cm³/mol. The van der Waals surface area contributed by atoms with E-state index in [-0.39, 0.29) is 0 Å². The average molecular weight is 280 g/mol. The Bertz CT molecular complexity index is 921. The number of nitrogens with zero attached hydrogens (tertiary/aromatic N) is 4. The van der Waals surface area contributed by atoms with Crippen molar-refractivity contribution in [3.05, 3.63) is 47.4 Å². The zero-order valence-corrected chi connectivity index (χ0v) is 12.0. The van der Waals surface area contributed by atoms with Gasteiger partial charge in [0.15, 0.2) is 5.65 Å². The topological polar surface area (TPSA) is 43.1 Å². The summed E-state index contributed by atoms with van der Waals surface area (Å²) in [6, 6.07) is 10.3. The van der Waals surface area contributed by atoms with E-state index in [2.05, 4.69) is 32.6 Å². The van der Waals surface area contributed by atoms with E-state index in [1.807, 2.05) is 36.6 Å². The first-order valence-electron chi connectivity index (χ1n) is 6.40. The van der Waals surface area contributed by atoms with Crippen LogP contribution in [-0.4, -0.2) is 19.6 Å². The highest BCUT2D eigenvalue weighted by Gasteiger charge is 2.15. The van der Waals surface area contributed by atoms with Crippen LogP contribution < -0.4 is 0 Å². The molecule has 0 saturated heterocycles. The largest absolute Gasteiger partial charge is 0.222 e. The Labute approximate surface area is 119 Å². The molecule has 3 heterocycles. The van der Waals surface area contributed by atoms with Crippen molar-refractivity contribution < 1.29 is 0 Å². The number of aryl methyl sites for hydroxylation is 2. The summed E-state index contributed by atoms with van der Waals surface area (Å²) in [5.74, 6) is 1.64. The smallest absolute Gasteiger partial charge is 0.168 e. The third-order valence-corrected chi connectivity index (χ3v) is 4.24. The molecular weight excluding hydrogens is 268 g/mol. The van der Waals surface area contributed by atoms with E-state index in [0.29, 0.717) is 0 Å². The van der Waals surface area contributed by atoms with Gasteiger partial charge in [0.25, 0.3) is 0 Å². The summed E-state index contributed by atoms with van der Waals surface area (Å²) in [4.78, 5) is 10.2. The minimum atomic E-state index is 0.771. The van der Waals surface area contributed by atoms with Crippen LogP contribution in [0.2, 0.25) is 0 Å². The lowest BCUT2D eigenvalue weighted by molar-refractivity contribution is 0.861. The second-order valence-corrected chi connectivity index (χ2v) is 5.61. The molecule has 20 heavy (non-hydrogen) atoms. The molecule has 0 unspecified atom stereocenters. The highest BCUT2D eigenvalue weighted by atomic mass is 32.1. The highest BCUT2D eigenvalue weighted by Crippen LogP contribution is 2.35. The third kappa shape index (κ3) is 1.56. The quantitative estimate of drug-likeness (QED) is 0.535. The minimum absolute atomic E-state index is 0.771. The molecule has 3 aromatic heterocycles. The summed E-state index contributed by atoms with van der Waals surface area (Å²) in [6.45, 7) is 3.87. The van der Waals surface area contributed by atoms with Gasteiger partial charge in [-0.3, -0.25) is 0 Å². The maximum absolute atomic E-state index is 4.64. The normalized spacial score (nSPS) is 11.5. The lowest BCUT2D eigenvalue weighted by atomic mass is 10.1. The average Bonchev–Trinajstić information content (AvgIpc) is 3.03. The minimum Gasteiger partial charge on any atom is -0.222 e. The highest BCUT2D eigenvalue weighted by molar-refractivity contribution is 7.17. The van der Waals surface area contributed by atoms with Crippen molar-refractivity contribution in [2.75, 3.05) is 0 Å². The maximum Gasteiger partial charge on any atom is 0.168 e. The van der Waals surface area contributed by atoms with E-state index < -0.39 is 0 Å². The maximum atomic E-state index is 4.64. The summed E-state index contributed by atoms with van der Waals surface area (Å²) < 4.78 is 1.83. The van der Waals surface area contributed by atoms with Crippen molar-refractivity contribution in [1.82, 2.24) is 19.6 Å². The van der Waals surface area contributed by atoms with Crippen LogP contribution in [0.5, 0.6) is 0 Å². The number of aromatic nitrogens is 4. The number of fused-ring (bicyclic) bond motifs is 3. The number of hydrogen-bond donors (Lipinski definition) is 0. The summed E-state index contributed by atoms with van der Waals surface area (Å²) in [5.41, 5.74) is 3.26. The second-order valence-electron chi connectivity index (χ2n) is 4.75. The van der Waals surface area contributed by atoms with E-state index >= 15 is 0 Å². The van der Waals surface area contributed by atoms with Gasteiger partial charge < -0.3 is 0 Å². The molecule has 0 aliphatic rings. The molecule has 5 heteroatoms. The summed E-state index contributed by atoms with van der Waals surface area (Å²) >= 11 is 1.65. The van der Waals surface area contributed by atoms with Gasteiger partial charge in [0.2, 0.25) is 0 Å². The van der Waals surface area contributed by atoms with Crippen LogP contribution in [0.3, 0.4) is 0 Å². The van der Waals surface area contributed by atoms with Gasteiger partial charge in [-0.15, -0.1) is 16.4 Å². The van der Waals surface area contributed by atoms with Gasteiger partial charge in [0.1, 0.15) is 16.5 Å². The SMILES string of the molecule is Cc1nc2c3c(-c4ccccc4)csc3nc(C)n2n1. The Kier molecular flexibility index (Phi) is 2.37. The molecular formula is C15H12N4S. The van der Waals surface area contributed by atoms with Gasteiger partial charge in [0.05, 0.1) is 5.39 Å². The predicted octanol–water partition coefficient (Wildman–Crippen LogP) is 3.62. The first-order valence-corrected chi connectivity index (χ1v) is 7.28. The van der Waals surface area contributed by atoms with Gasteiger partial charge in [-0.05, 0) is 19.4 Å². The molecule has 0 fully saturated rings. The standard InChI is InChI=1S/C15H12N4S/c1-9-16-14-13-12(11-6-4-3-5-7-11)8-20-15(13)17-10(2)19(14)18-9/h3-8H,1-2H3. The van der Waals surface area contributed by atoms with Crippen molar-refractivity contribution in [3.8, 4) is 11.1 Å². The van der Waals surface area contributed by atoms with Gasteiger partial charge in [0, 0.05) is 10.9 Å². The van der Waals surface area contributed by atoms with Crippen molar-refractivity contribution in [3.63, 3.8) is 0 Å². The van der Waals surface area contributed by atoms with Crippen molar-refractivity contribution in [2.45, 2.75) is 13.8 Å². The molecule has 4 rings (SSSR count). The number of benzene rings is 1. The van der Waals surface area contributed by atoms with Gasteiger partial charge in [-0.2, -0.15) is 4.52 Å². The first-order chi connectivity index (χ1) is 9.74. The second kappa shape index (κ2) is 4.11. The van der Waals surface area contributed by atoms with E-state index in [0.717, 1.165) is 27.5 Å². The van der Waals surface area contributed by atoms with Gasteiger partial charge >= 0.3 is 0 Å².